The number of carboxylic acids is 1. The number of fused-ring (bicyclic) bond motifs is 5. The van der Waals surface area contributed by atoms with Crippen LogP contribution in [0.1, 0.15) is 99.3 Å². The van der Waals surface area contributed by atoms with Crippen LogP contribution < -0.4 is 11.5 Å². The van der Waals surface area contributed by atoms with Crippen LogP contribution in [0.5, 0.6) is 0 Å². The zero-order valence-electron chi connectivity index (χ0n) is 25.1. The van der Waals surface area contributed by atoms with Gasteiger partial charge in [-0.15, -0.1) is 0 Å². The molecule has 40 heavy (non-hydrogen) atoms. The number of hydrogen-bond donors (Lipinski definition) is 5. The van der Waals surface area contributed by atoms with Crippen LogP contribution in [0.4, 0.5) is 0 Å². The molecular weight excluding hydrogens is 508 g/mol. The van der Waals surface area contributed by atoms with Crippen LogP contribution in [0.25, 0.3) is 0 Å². The average molecular weight is 559 g/mol. The monoisotopic (exact) mass is 558 g/mol. The molecule has 0 spiro atoms. The molecule has 5 rings (SSSR count). The molecule has 0 aromatic rings. The minimum atomic E-state index is -0.963. The van der Waals surface area contributed by atoms with Crippen molar-refractivity contribution in [3.05, 3.63) is 22.3 Å². The number of nitrogens with two attached hydrogens (primary N) is 2. The number of rotatable bonds is 3. The molecule has 8 heteroatoms. The molecule has 0 heterocycles. The lowest BCUT2D eigenvalue weighted by atomic mass is 9.38. The number of aliphatic carboxylic acids is 1. The molecule has 0 radical (unpaired) electrons. The number of carbonyl (C=O) groups is 2. The summed E-state index contributed by atoms with van der Waals surface area (Å²) in [5, 5.41) is 33.4. The number of carbonyl (C=O) groups excluding carboxylic acids is 1. The van der Waals surface area contributed by atoms with E-state index in [0.29, 0.717) is 43.3 Å². The van der Waals surface area contributed by atoms with E-state index in [1.165, 1.54) is 18.1 Å². The fourth-order valence-electron chi connectivity index (χ4n) is 10.7. The van der Waals surface area contributed by atoms with E-state index in [-0.39, 0.29) is 29.1 Å². The molecule has 7 N–H and O–H groups in total. The van der Waals surface area contributed by atoms with Crippen LogP contribution in [-0.4, -0.2) is 56.6 Å². The summed E-state index contributed by atoms with van der Waals surface area (Å²) in [5.74, 6) is -2.15. The zero-order valence-corrected chi connectivity index (χ0v) is 25.1. The van der Waals surface area contributed by atoms with E-state index in [9.17, 15) is 24.9 Å². The molecule has 5 saturated carbocycles. The van der Waals surface area contributed by atoms with E-state index >= 15 is 0 Å². The van der Waals surface area contributed by atoms with Crippen LogP contribution in [0.15, 0.2) is 22.3 Å². The van der Waals surface area contributed by atoms with Gasteiger partial charge >= 0.3 is 11.9 Å². The first kappa shape index (κ1) is 29.7. The summed E-state index contributed by atoms with van der Waals surface area (Å²) >= 11 is 0. The third-order valence-corrected chi connectivity index (χ3v) is 12.6. The molecule has 224 valence electrons. The summed E-state index contributed by atoms with van der Waals surface area (Å²) in [6.45, 7) is 11.8. The number of esters is 1. The van der Waals surface area contributed by atoms with Gasteiger partial charge in [-0.1, -0.05) is 25.0 Å². The fourth-order valence-corrected chi connectivity index (χ4v) is 10.7. The molecule has 0 bridgehead atoms. The lowest BCUT2D eigenvalue weighted by molar-refractivity contribution is -0.206. The summed E-state index contributed by atoms with van der Waals surface area (Å²) < 4.78 is 5.92. The standard InChI is InChI=1S/C32H50N2O6/c1-16(2)18-7-8-19(13-18)25(28(38)39)26-20-14-21(36)27-29(4)11-10-24(37)31(6,33)23(29)9-12-32(27,34)30(20,5)15-22(26)40-17(3)35/h19-24,27,36-37H,7-15,33-34H2,1-6H3,(H,38,39)/b26-25-/t19?,20-,21+,22-,23+,24+,27-,29-,30-,31+,32+/m0/s1. The number of ether oxygens (including phenoxy) is 1. The van der Waals surface area contributed by atoms with Crippen molar-refractivity contribution in [1.29, 1.82) is 0 Å². The van der Waals surface area contributed by atoms with Crippen molar-refractivity contribution >= 4 is 11.9 Å². The number of allylic oxidation sites excluding steroid dienone is 2. The predicted octanol–water partition coefficient (Wildman–Crippen LogP) is 3.83. The molecule has 0 aromatic heterocycles. The highest BCUT2D eigenvalue weighted by Gasteiger charge is 2.72. The van der Waals surface area contributed by atoms with Crippen molar-refractivity contribution in [2.75, 3.05) is 0 Å². The quantitative estimate of drug-likeness (QED) is 0.199. The Morgan fingerprint density at radius 1 is 1.00 bits per heavy atom. The summed E-state index contributed by atoms with van der Waals surface area (Å²) in [4.78, 5) is 25.4. The Morgan fingerprint density at radius 2 is 1.68 bits per heavy atom. The summed E-state index contributed by atoms with van der Waals surface area (Å²) in [6, 6.07) is 0. The van der Waals surface area contributed by atoms with Crippen LogP contribution in [-0.2, 0) is 14.3 Å². The van der Waals surface area contributed by atoms with Gasteiger partial charge in [0.25, 0.3) is 0 Å². The Balaban J connectivity index is 1.64. The summed E-state index contributed by atoms with van der Waals surface area (Å²) in [6.07, 6.45) is 3.67. The van der Waals surface area contributed by atoms with E-state index in [1.54, 1.807) is 0 Å². The van der Waals surface area contributed by atoms with Gasteiger partial charge in [-0.05, 0) is 113 Å². The van der Waals surface area contributed by atoms with E-state index in [4.69, 9.17) is 16.2 Å². The summed E-state index contributed by atoms with van der Waals surface area (Å²) in [5.41, 5.74) is 15.3. The molecule has 5 aliphatic rings. The molecule has 8 nitrogen and oxygen atoms in total. The second-order valence-electron chi connectivity index (χ2n) is 14.8. The molecular formula is C32H50N2O6. The van der Waals surface area contributed by atoms with Gasteiger partial charge in [0.15, 0.2) is 0 Å². The molecule has 0 aromatic carbocycles. The molecule has 0 saturated heterocycles. The van der Waals surface area contributed by atoms with Gasteiger partial charge in [-0.25, -0.2) is 4.79 Å². The first-order valence-electron chi connectivity index (χ1n) is 15.2. The highest BCUT2D eigenvalue weighted by atomic mass is 16.5. The van der Waals surface area contributed by atoms with Crippen molar-refractivity contribution < 1.29 is 29.6 Å². The van der Waals surface area contributed by atoms with Crippen LogP contribution >= 0.6 is 0 Å². The van der Waals surface area contributed by atoms with E-state index in [1.807, 2.05) is 6.92 Å². The van der Waals surface area contributed by atoms with Crippen LogP contribution in [0, 0.1) is 34.5 Å². The third kappa shape index (κ3) is 4.07. The highest BCUT2D eigenvalue weighted by Crippen LogP contribution is 2.70. The molecule has 5 fully saturated rings. The Bertz CT molecular complexity index is 1160. The maximum absolute atomic E-state index is 13.0. The lowest BCUT2D eigenvalue weighted by Crippen LogP contribution is -2.77. The summed E-state index contributed by atoms with van der Waals surface area (Å²) in [7, 11) is 0. The minimum Gasteiger partial charge on any atom is -0.478 e. The zero-order chi connectivity index (χ0) is 29.6. The first-order valence-corrected chi connectivity index (χ1v) is 15.2. The lowest BCUT2D eigenvalue weighted by Gasteiger charge is -2.69. The maximum Gasteiger partial charge on any atom is 0.331 e. The molecule has 0 amide bonds. The number of carboxylic acid groups (broad SMARTS) is 1. The van der Waals surface area contributed by atoms with Gasteiger partial charge in [-0.3, -0.25) is 4.79 Å². The average Bonchev–Trinajstić information content (AvgIpc) is 3.41. The van der Waals surface area contributed by atoms with Crippen molar-refractivity contribution in [3.63, 3.8) is 0 Å². The van der Waals surface area contributed by atoms with Crippen LogP contribution in [0.3, 0.4) is 0 Å². The van der Waals surface area contributed by atoms with E-state index < -0.39 is 46.7 Å². The number of aliphatic hydroxyl groups excluding tert-OH is 2. The molecule has 11 atom stereocenters. The van der Waals surface area contributed by atoms with Gasteiger partial charge in [0.1, 0.15) is 6.10 Å². The highest BCUT2D eigenvalue weighted by molar-refractivity contribution is 5.89. The number of hydrogen-bond acceptors (Lipinski definition) is 7. The van der Waals surface area contributed by atoms with Crippen molar-refractivity contribution in [2.24, 2.45) is 46.0 Å². The number of aliphatic hydroxyl groups is 2. The largest absolute Gasteiger partial charge is 0.478 e. The van der Waals surface area contributed by atoms with Crippen LogP contribution in [0.2, 0.25) is 0 Å². The van der Waals surface area contributed by atoms with Gasteiger partial charge in [-0.2, -0.15) is 0 Å². The Morgan fingerprint density at radius 3 is 2.25 bits per heavy atom. The van der Waals surface area contributed by atoms with Gasteiger partial charge in [0.05, 0.1) is 12.2 Å². The second-order valence-corrected chi connectivity index (χ2v) is 14.8. The molecule has 1 unspecified atom stereocenters. The molecule has 5 aliphatic carbocycles. The topological polar surface area (TPSA) is 156 Å². The first-order chi connectivity index (χ1) is 18.5. The normalized spacial score (nSPS) is 49.5. The third-order valence-electron chi connectivity index (χ3n) is 12.6. The Hall–Kier alpha value is -1.74. The minimum absolute atomic E-state index is 0.00327. The second kappa shape index (κ2) is 9.65. The Labute approximate surface area is 238 Å². The van der Waals surface area contributed by atoms with E-state index in [2.05, 4.69) is 27.7 Å². The van der Waals surface area contributed by atoms with Crippen molar-refractivity contribution in [2.45, 2.75) is 129 Å². The SMILES string of the molecule is CC(=O)O[C@H]1C[C@@]2(C)[C@@H](C[C@@H](O)[C@H]3[C@@]4(C)CC[C@@H](O)[C@](C)(N)[C@@H]4CC[C@@]32N)/C1=C(/C(=O)O)C1CCC(=C(C)C)C1. The van der Waals surface area contributed by atoms with Gasteiger partial charge < -0.3 is 31.5 Å². The fraction of sp³-hybridized carbons (Fsp3) is 0.812. The van der Waals surface area contributed by atoms with E-state index in [0.717, 1.165) is 25.7 Å². The Kier molecular flexibility index (Phi) is 7.17. The smallest absolute Gasteiger partial charge is 0.331 e. The molecule has 0 aliphatic heterocycles. The van der Waals surface area contributed by atoms with Crippen molar-refractivity contribution in [3.8, 4) is 0 Å². The predicted molar refractivity (Wildman–Crippen MR) is 152 cm³/mol. The van der Waals surface area contributed by atoms with Crippen molar-refractivity contribution in [1.82, 2.24) is 0 Å². The van der Waals surface area contributed by atoms with Gasteiger partial charge in [0.2, 0.25) is 0 Å². The maximum atomic E-state index is 13.0. The van der Waals surface area contributed by atoms with Gasteiger partial charge in [0, 0.05) is 29.5 Å².